The van der Waals surface area contributed by atoms with Crippen molar-refractivity contribution in [2.24, 2.45) is 0 Å². The molecule has 0 heterocycles. The van der Waals surface area contributed by atoms with Gasteiger partial charge in [0.05, 0.1) is 10.0 Å². The van der Waals surface area contributed by atoms with Gasteiger partial charge in [-0.1, -0.05) is 30.1 Å². The molecule has 7 heteroatoms. The summed E-state index contributed by atoms with van der Waals surface area (Å²) >= 11 is 11.8. The molecule has 1 aromatic carbocycles. The lowest BCUT2D eigenvalue weighted by Gasteiger charge is -2.18. The Morgan fingerprint density at radius 1 is 1.29 bits per heavy atom. The molecule has 0 bridgehead atoms. The molecule has 0 aliphatic carbocycles. The highest BCUT2D eigenvalue weighted by Crippen LogP contribution is 2.33. The average Bonchev–Trinajstić information content (AvgIpc) is 2.15. The van der Waals surface area contributed by atoms with E-state index in [1.165, 1.54) is 23.5 Å². The maximum absolute atomic E-state index is 12.2. The van der Waals surface area contributed by atoms with Crippen molar-refractivity contribution in [2.75, 3.05) is 19.3 Å². The smallest absolute Gasteiger partial charge is 0.245 e. The molecule has 1 aromatic rings. The van der Waals surface area contributed by atoms with Crippen molar-refractivity contribution < 1.29 is 8.42 Å². The molecule has 1 rings (SSSR count). The van der Waals surface area contributed by atoms with Crippen LogP contribution in [-0.4, -0.2) is 26.3 Å². The summed E-state index contributed by atoms with van der Waals surface area (Å²) in [5.41, 5.74) is 5.86. The average molecular weight is 297 g/mol. The predicted molar refractivity (Wildman–Crippen MR) is 71.0 cm³/mol. The van der Waals surface area contributed by atoms with Gasteiger partial charge in [0.15, 0.2) is 0 Å². The Morgan fingerprint density at radius 3 is 2.18 bits per heavy atom. The van der Waals surface area contributed by atoms with Gasteiger partial charge in [-0.25, -0.2) is 12.7 Å². The molecule has 0 saturated heterocycles. The lowest BCUT2D eigenvalue weighted by Crippen LogP contribution is -2.28. The molecule has 0 radical (unpaired) electrons. The van der Waals surface area contributed by atoms with Crippen LogP contribution in [0.1, 0.15) is 13.3 Å². The Labute approximate surface area is 111 Å². The zero-order valence-corrected chi connectivity index (χ0v) is 11.9. The predicted octanol–water partition coefficient (Wildman–Crippen LogP) is 2.61. The van der Waals surface area contributed by atoms with E-state index >= 15 is 0 Å². The van der Waals surface area contributed by atoms with Crippen LogP contribution in [-0.2, 0) is 10.0 Å². The SMILES string of the molecule is CCCN(C)S(=O)(=O)c1c(Cl)cc(N)cc1Cl. The largest absolute Gasteiger partial charge is 0.399 e. The van der Waals surface area contributed by atoms with Gasteiger partial charge in [-0.05, 0) is 18.6 Å². The lowest BCUT2D eigenvalue weighted by molar-refractivity contribution is 0.468. The van der Waals surface area contributed by atoms with Crippen LogP contribution in [0.2, 0.25) is 10.0 Å². The third-order valence-corrected chi connectivity index (χ3v) is 5.01. The first-order chi connectivity index (χ1) is 7.80. The van der Waals surface area contributed by atoms with Crippen LogP contribution in [0.15, 0.2) is 17.0 Å². The van der Waals surface area contributed by atoms with Crippen LogP contribution in [0.3, 0.4) is 0 Å². The molecule has 0 fully saturated rings. The molecule has 0 spiro atoms. The van der Waals surface area contributed by atoms with E-state index in [0.717, 1.165) is 0 Å². The lowest BCUT2D eigenvalue weighted by atomic mass is 10.3. The van der Waals surface area contributed by atoms with Gasteiger partial charge in [-0.3, -0.25) is 0 Å². The van der Waals surface area contributed by atoms with E-state index in [4.69, 9.17) is 28.9 Å². The summed E-state index contributed by atoms with van der Waals surface area (Å²) in [6, 6.07) is 2.75. The van der Waals surface area contributed by atoms with E-state index in [1.807, 2.05) is 6.92 Å². The monoisotopic (exact) mass is 296 g/mol. The normalized spacial score (nSPS) is 12.1. The highest BCUT2D eigenvalue weighted by molar-refractivity contribution is 7.89. The second-order valence-corrected chi connectivity index (χ2v) is 6.44. The molecule has 17 heavy (non-hydrogen) atoms. The summed E-state index contributed by atoms with van der Waals surface area (Å²) in [4.78, 5) is -0.0917. The number of nitrogens with zero attached hydrogens (tertiary/aromatic N) is 1. The number of hydrogen-bond acceptors (Lipinski definition) is 3. The number of sulfonamides is 1. The Balaban J connectivity index is 3.34. The molecule has 2 N–H and O–H groups in total. The number of rotatable bonds is 4. The highest BCUT2D eigenvalue weighted by atomic mass is 35.5. The molecule has 0 aromatic heterocycles. The summed E-state index contributed by atoms with van der Waals surface area (Å²) in [6.07, 6.45) is 0.708. The van der Waals surface area contributed by atoms with Gasteiger partial charge < -0.3 is 5.73 Å². The number of benzene rings is 1. The van der Waals surface area contributed by atoms with Crippen molar-refractivity contribution in [3.63, 3.8) is 0 Å². The fourth-order valence-electron chi connectivity index (χ4n) is 1.42. The Morgan fingerprint density at radius 2 is 1.76 bits per heavy atom. The maximum Gasteiger partial charge on any atom is 0.245 e. The second kappa shape index (κ2) is 5.44. The quantitative estimate of drug-likeness (QED) is 0.869. The van der Waals surface area contributed by atoms with E-state index < -0.39 is 10.0 Å². The molecule has 0 aliphatic heterocycles. The summed E-state index contributed by atoms with van der Waals surface area (Å²) in [7, 11) is -2.18. The maximum atomic E-state index is 12.2. The molecule has 0 atom stereocenters. The van der Waals surface area contributed by atoms with Gasteiger partial charge in [0.1, 0.15) is 4.90 Å². The zero-order valence-electron chi connectivity index (χ0n) is 9.57. The van der Waals surface area contributed by atoms with Gasteiger partial charge in [0.2, 0.25) is 10.0 Å². The molecule has 96 valence electrons. The van der Waals surface area contributed by atoms with Crippen LogP contribution >= 0.6 is 23.2 Å². The molecular weight excluding hydrogens is 283 g/mol. The van der Waals surface area contributed by atoms with E-state index in [1.54, 1.807) is 0 Å². The fourth-order valence-corrected chi connectivity index (χ4v) is 3.85. The number of hydrogen-bond donors (Lipinski definition) is 1. The van der Waals surface area contributed by atoms with E-state index in [9.17, 15) is 8.42 Å². The minimum atomic E-state index is -3.67. The van der Waals surface area contributed by atoms with E-state index in [-0.39, 0.29) is 14.9 Å². The standard InChI is InChI=1S/C10H14Cl2N2O2S/c1-3-4-14(2)17(15,16)10-8(11)5-7(13)6-9(10)12/h5-6H,3-4,13H2,1-2H3. The Bertz CT molecular complexity index is 494. The highest BCUT2D eigenvalue weighted by Gasteiger charge is 2.26. The summed E-state index contributed by atoms with van der Waals surface area (Å²) in [6.45, 7) is 2.29. The van der Waals surface area contributed by atoms with Gasteiger partial charge in [-0.2, -0.15) is 0 Å². The molecular formula is C10H14Cl2N2O2S. The van der Waals surface area contributed by atoms with Crippen LogP contribution in [0, 0.1) is 0 Å². The molecule has 0 unspecified atom stereocenters. The fraction of sp³-hybridized carbons (Fsp3) is 0.400. The minimum absolute atomic E-state index is 0.0398. The van der Waals surface area contributed by atoms with Crippen molar-refractivity contribution in [3.05, 3.63) is 22.2 Å². The molecule has 0 saturated carbocycles. The number of halogens is 2. The van der Waals surface area contributed by atoms with E-state index in [0.29, 0.717) is 18.7 Å². The van der Waals surface area contributed by atoms with Gasteiger partial charge in [0, 0.05) is 19.3 Å². The summed E-state index contributed by atoms with van der Waals surface area (Å²) < 4.78 is 25.6. The first-order valence-electron chi connectivity index (χ1n) is 5.01. The van der Waals surface area contributed by atoms with Crippen molar-refractivity contribution >= 4 is 38.9 Å². The summed E-state index contributed by atoms with van der Waals surface area (Å²) in [5.74, 6) is 0. The first kappa shape index (κ1) is 14.6. The molecule has 0 aliphatic rings. The van der Waals surface area contributed by atoms with Crippen molar-refractivity contribution in [2.45, 2.75) is 18.2 Å². The van der Waals surface area contributed by atoms with Gasteiger partial charge in [0.25, 0.3) is 0 Å². The first-order valence-corrected chi connectivity index (χ1v) is 7.21. The van der Waals surface area contributed by atoms with Crippen molar-refractivity contribution in [3.8, 4) is 0 Å². The topological polar surface area (TPSA) is 63.4 Å². The minimum Gasteiger partial charge on any atom is -0.399 e. The summed E-state index contributed by atoms with van der Waals surface area (Å²) in [5, 5.41) is 0.0795. The van der Waals surface area contributed by atoms with Crippen molar-refractivity contribution in [1.82, 2.24) is 4.31 Å². The third kappa shape index (κ3) is 3.04. The molecule has 4 nitrogen and oxygen atoms in total. The van der Waals surface area contributed by atoms with Crippen LogP contribution in [0.4, 0.5) is 5.69 Å². The van der Waals surface area contributed by atoms with Crippen LogP contribution in [0.5, 0.6) is 0 Å². The van der Waals surface area contributed by atoms with Crippen LogP contribution in [0.25, 0.3) is 0 Å². The van der Waals surface area contributed by atoms with Gasteiger partial charge in [-0.15, -0.1) is 0 Å². The zero-order chi connectivity index (χ0) is 13.2. The van der Waals surface area contributed by atoms with Gasteiger partial charge >= 0.3 is 0 Å². The number of nitrogen functional groups attached to an aromatic ring is 1. The van der Waals surface area contributed by atoms with E-state index in [2.05, 4.69) is 0 Å². The Hall–Kier alpha value is -0.490. The molecule has 0 amide bonds. The number of anilines is 1. The van der Waals surface area contributed by atoms with Crippen LogP contribution < -0.4 is 5.73 Å². The second-order valence-electron chi connectivity index (χ2n) is 3.64. The Kier molecular flexibility index (Phi) is 4.66. The van der Waals surface area contributed by atoms with Crippen molar-refractivity contribution in [1.29, 1.82) is 0 Å². The third-order valence-electron chi connectivity index (χ3n) is 2.23. The number of nitrogens with two attached hydrogens (primary N) is 1.